The SMILES string of the molecule is CC1=CCC(O)(C(C)O)CC1. The predicted octanol–water partition coefficient (Wildman–Crippen LogP) is 1.23. The smallest absolute Gasteiger partial charge is 0.0940 e. The Kier molecular flexibility index (Phi) is 2.35. The summed E-state index contributed by atoms with van der Waals surface area (Å²) >= 11 is 0. The molecule has 0 saturated carbocycles. The largest absolute Gasteiger partial charge is 0.390 e. The topological polar surface area (TPSA) is 40.5 Å². The minimum atomic E-state index is -0.862. The van der Waals surface area contributed by atoms with E-state index in [0.717, 1.165) is 6.42 Å². The van der Waals surface area contributed by atoms with E-state index < -0.39 is 11.7 Å². The zero-order chi connectivity index (χ0) is 8.48. The van der Waals surface area contributed by atoms with E-state index in [4.69, 9.17) is 0 Å². The first kappa shape index (κ1) is 8.75. The summed E-state index contributed by atoms with van der Waals surface area (Å²) in [5.41, 5.74) is 0.454. The number of rotatable bonds is 1. The first-order chi connectivity index (χ1) is 5.04. The minimum Gasteiger partial charge on any atom is -0.390 e. The lowest BCUT2D eigenvalue weighted by molar-refractivity contribution is -0.0719. The lowest BCUT2D eigenvalue weighted by Gasteiger charge is -2.33. The van der Waals surface area contributed by atoms with Gasteiger partial charge in [0.1, 0.15) is 0 Å². The van der Waals surface area contributed by atoms with E-state index in [0.29, 0.717) is 12.8 Å². The first-order valence-electron chi connectivity index (χ1n) is 4.11. The van der Waals surface area contributed by atoms with Crippen molar-refractivity contribution < 1.29 is 10.2 Å². The van der Waals surface area contributed by atoms with E-state index in [1.807, 2.05) is 6.08 Å². The molecule has 2 heteroatoms. The second-order valence-corrected chi connectivity index (χ2v) is 3.53. The number of aliphatic hydroxyl groups excluding tert-OH is 1. The van der Waals surface area contributed by atoms with Crippen molar-refractivity contribution in [1.29, 1.82) is 0 Å². The van der Waals surface area contributed by atoms with Crippen LogP contribution < -0.4 is 0 Å². The fourth-order valence-electron chi connectivity index (χ4n) is 1.35. The maximum absolute atomic E-state index is 9.77. The molecule has 1 aliphatic rings. The molecule has 11 heavy (non-hydrogen) atoms. The van der Waals surface area contributed by atoms with Gasteiger partial charge in [0.15, 0.2) is 0 Å². The van der Waals surface area contributed by atoms with Gasteiger partial charge >= 0.3 is 0 Å². The van der Waals surface area contributed by atoms with Crippen molar-refractivity contribution in [2.75, 3.05) is 0 Å². The summed E-state index contributed by atoms with van der Waals surface area (Å²) < 4.78 is 0. The van der Waals surface area contributed by atoms with Crippen LogP contribution in [0.1, 0.15) is 33.1 Å². The van der Waals surface area contributed by atoms with Gasteiger partial charge in [-0.25, -0.2) is 0 Å². The molecule has 2 nitrogen and oxygen atoms in total. The Morgan fingerprint density at radius 3 is 2.64 bits per heavy atom. The van der Waals surface area contributed by atoms with Gasteiger partial charge in [-0.05, 0) is 33.1 Å². The highest BCUT2D eigenvalue weighted by Gasteiger charge is 2.33. The van der Waals surface area contributed by atoms with Gasteiger partial charge in [0.2, 0.25) is 0 Å². The molecule has 64 valence electrons. The van der Waals surface area contributed by atoms with Crippen LogP contribution >= 0.6 is 0 Å². The predicted molar refractivity (Wildman–Crippen MR) is 44.2 cm³/mol. The Balaban J connectivity index is 2.64. The Morgan fingerprint density at radius 2 is 2.27 bits per heavy atom. The fraction of sp³-hybridized carbons (Fsp3) is 0.778. The lowest BCUT2D eigenvalue weighted by atomic mass is 9.82. The highest BCUT2D eigenvalue weighted by Crippen LogP contribution is 2.29. The van der Waals surface area contributed by atoms with Crippen molar-refractivity contribution in [2.24, 2.45) is 0 Å². The molecule has 2 unspecified atom stereocenters. The zero-order valence-electron chi connectivity index (χ0n) is 7.17. The van der Waals surface area contributed by atoms with Crippen molar-refractivity contribution in [3.05, 3.63) is 11.6 Å². The Labute approximate surface area is 67.6 Å². The number of aliphatic hydroxyl groups is 2. The molecule has 1 aliphatic carbocycles. The van der Waals surface area contributed by atoms with Gasteiger partial charge in [0, 0.05) is 0 Å². The monoisotopic (exact) mass is 156 g/mol. The Bertz CT molecular complexity index is 172. The average Bonchev–Trinajstić information content (AvgIpc) is 1.95. The third kappa shape index (κ3) is 1.82. The Morgan fingerprint density at radius 1 is 1.64 bits per heavy atom. The van der Waals surface area contributed by atoms with E-state index in [1.165, 1.54) is 5.57 Å². The van der Waals surface area contributed by atoms with Gasteiger partial charge in [-0.1, -0.05) is 11.6 Å². The van der Waals surface area contributed by atoms with Crippen molar-refractivity contribution >= 4 is 0 Å². The van der Waals surface area contributed by atoms with E-state index in [1.54, 1.807) is 6.92 Å². The summed E-state index contributed by atoms with van der Waals surface area (Å²) in [5.74, 6) is 0. The Hall–Kier alpha value is -0.340. The fourth-order valence-corrected chi connectivity index (χ4v) is 1.35. The molecule has 0 aliphatic heterocycles. The number of hydrogen-bond acceptors (Lipinski definition) is 2. The van der Waals surface area contributed by atoms with Gasteiger partial charge in [0.25, 0.3) is 0 Å². The van der Waals surface area contributed by atoms with Gasteiger partial charge in [-0.2, -0.15) is 0 Å². The normalized spacial score (nSPS) is 34.7. The summed E-state index contributed by atoms with van der Waals surface area (Å²) in [4.78, 5) is 0. The van der Waals surface area contributed by atoms with Crippen LogP contribution in [0.25, 0.3) is 0 Å². The van der Waals surface area contributed by atoms with E-state index in [9.17, 15) is 10.2 Å². The van der Waals surface area contributed by atoms with Gasteiger partial charge in [-0.3, -0.25) is 0 Å². The molecule has 0 fully saturated rings. The highest BCUT2D eigenvalue weighted by molar-refractivity contribution is 5.09. The summed E-state index contributed by atoms with van der Waals surface area (Å²) in [6.07, 6.45) is 3.58. The average molecular weight is 156 g/mol. The minimum absolute atomic E-state index is 0.594. The number of hydrogen-bond donors (Lipinski definition) is 2. The molecule has 2 atom stereocenters. The molecular formula is C9H16O2. The van der Waals surface area contributed by atoms with Crippen molar-refractivity contribution in [2.45, 2.75) is 44.8 Å². The highest BCUT2D eigenvalue weighted by atomic mass is 16.3. The molecule has 0 spiro atoms. The summed E-state index contributed by atoms with van der Waals surface area (Å²) in [7, 11) is 0. The summed E-state index contributed by atoms with van der Waals surface area (Å²) in [5, 5.41) is 19.0. The zero-order valence-corrected chi connectivity index (χ0v) is 7.17. The summed E-state index contributed by atoms with van der Waals surface area (Å²) in [6.45, 7) is 3.70. The van der Waals surface area contributed by atoms with Crippen molar-refractivity contribution in [3.63, 3.8) is 0 Å². The molecule has 1 rings (SSSR count). The van der Waals surface area contributed by atoms with Crippen LogP contribution in [0.4, 0.5) is 0 Å². The van der Waals surface area contributed by atoms with Crippen LogP contribution in [0.3, 0.4) is 0 Å². The first-order valence-corrected chi connectivity index (χ1v) is 4.11. The van der Waals surface area contributed by atoms with Crippen molar-refractivity contribution in [3.8, 4) is 0 Å². The molecule has 2 N–H and O–H groups in total. The number of allylic oxidation sites excluding steroid dienone is 1. The third-order valence-electron chi connectivity index (χ3n) is 2.53. The molecule has 0 aromatic heterocycles. The van der Waals surface area contributed by atoms with Gasteiger partial charge < -0.3 is 10.2 Å². The van der Waals surface area contributed by atoms with Crippen LogP contribution in [0.5, 0.6) is 0 Å². The van der Waals surface area contributed by atoms with Crippen LogP contribution in [0.2, 0.25) is 0 Å². The molecular weight excluding hydrogens is 140 g/mol. The van der Waals surface area contributed by atoms with Gasteiger partial charge in [-0.15, -0.1) is 0 Å². The third-order valence-corrected chi connectivity index (χ3v) is 2.53. The van der Waals surface area contributed by atoms with Crippen LogP contribution in [0.15, 0.2) is 11.6 Å². The maximum Gasteiger partial charge on any atom is 0.0940 e. The molecule has 0 bridgehead atoms. The molecule has 0 amide bonds. The van der Waals surface area contributed by atoms with E-state index in [2.05, 4.69) is 6.92 Å². The molecule has 0 aromatic carbocycles. The maximum atomic E-state index is 9.77. The molecule has 0 heterocycles. The van der Waals surface area contributed by atoms with Crippen LogP contribution in [0, 0.1) is 0 Å². The van der Waals surface area contributed by atoms with Crippen molar-refractivity contribution in [1.82, 2.24) is 0 Å². The summed E-state index contributed by atoms with van der Waals surface area (Å²) in [6, 6.07) is 0. The molecule has 0 aromatic rings. The second kappa shape index (κ2) is 2.95. The van der Waals surface area contributed by atoms with Crippen LogP contribution in [-0.2, 0) is 0 Å². The molecule has 0 saturated heterocycles. The van der Waals surface area contributed by atoms with E-state index >= 15 is 0 Å². The molecule has 0 radical (unpaired) electrons. The van der Waals surface area contributed by atoms with E-state index in [-0.39, 0.29) is 0 Å². The standard InChI is InChI=1S/C9H16O2/c1-7-3-5-9(11,6-4-7)8(2)10/h3,8,10-11H,4-6H2,1-2H3. The quantitative estimate of drug-likeness (QED) is 0.560. The second-order valence-electron chi connectivity index (χ2n) is 3.53. The lowest BCUT2D eigenvalue weighted by Crippen LogP contribution is -2.41. The van der Waals surface area contributed by atoms with Gasteiger partial charge in [0.05, 0.1) is 11.7 Å². The van der Waals surface area contributed by atoms with Crippen LogP contribution in [-0.4, -0.2) is 21.9 Å².